The minimum Gasteiger partial charge on any atom is -0.497 e. The Bertz CT molecular complexity index is 1000. The van der Waals surface area contributed by atoms with Gasteiger partial charge >= 0.3 is 0 Å². The minimum atomic E-state index is -0.378. The summed E-state index contributed by atoms with van der Waals surface area (Å²) in [6, 6.07) is 12.8. The number of amides is 1. The van der Waals surface area contributed by atoms with E-state index in [0.717, 1.165) is 5.69 Å². The van der Waals surface area contributed by atoms with Crippen molar-refractivity contribution in [3.05, 3.63) is 65.6 Å². The van der Waals surface area contributed by atoms with Gasteiger partial charge in [0.05, 0.1) is 19.9 Å². The van der Waals surface area contributed by atoms with Crippen molar-refractivity contribution >= 4 is 23.1 Å². The van der Waals surface area contributed by atoms with Gasteiger partial charge in [-0.3, -0.25) is 4.79 Å². The average Bonchev–Trinajstić information content (AvgIpc) is 2.71. The molecule has 0 saturated heterocycles. The maximum absolute atomic E-state index is 12.7. The Morgan fingerprint density at radius 1 is 0.929 bits per heavy atom. The van der Waals surface area contributed by atoms with Crippen LogP contribution in [0.15, 0.2) is 48.8 Å². The number of benzene rings is 2. The molecule has 7 nitrogen and oxygen atoms in total. The first kappa shape index (κ1) is 19.2. The Morgan fingerprint density at radius 3 is 2.46 bits per heavy atom. The summed E-state index contributed by atoms with van der Waals surface area (Å²) >= 11 is 0. The minimum absolute atomic E-state index is 0.228. The summed E-state index contributed by atoms with van der Waals surface area (Å²) in [7, 11) is 3.09. The molecule has 1 heterocycles. The molecule has 0 spiro atoms. The number of anilines is 3. The zero-order valence-electron chi connectivity index (χ0n) is 16.2. The van der Waals surface area contributed by atoms with Crippen LogP contribution in [0.1, 0.15) is 21.6 Å². The maximum Gasteiger partial charge on any atom is 0.274 e. The van der Waals surface area contributed by atoms with Crippen molar-refractivity contribution in [1.29, 1.82) is 0 Å². The second-order valence-corrected chi connectivity index (χ2v) is 6.23. The molecule has 2 aromatic carbocycles. The molecule has 3 rings (SSSR count). The standard InChI is InChI=1S/C21H22N4O3/c1-13-5-6-15(9-14(13)2)24-20-11-18(22-12-23-20)21(26)25-17-10-16(27-3)7-8-19(17)28-4/h5-12H,1-4H3,(H,25,26)(H,22,23,24). The van der Waals surface area contributed by atoms with Crippen molar-refractivity contribution in [2.75, 3.05) is 24.9 Å². The highest BCUT2D eigenvalue weighted by Gasteiger charge is 2.13. The van der Waals surface area contributed by atoms with Crippen LogP contribution in [0.2, 0.25) is 0 Å². The maximum atomic E-state index is 12.7. The van der Waals surface area contributed by atoms with E-state index >= 15 is 0 Å². The van der Waals surface area contributed by atoms with Crippen LogP contribution < -0.4 is 20.1 Å². The van der Waals surface area contributed by atoms with Crippen LogP contribution in [-0.2, 0) is 0 Å². The van der Waals surface area contributed by atoms with Crippen LogP contribution in [0.5, 0.6) is 11.5 Å². The molecular formula is C21H22N4O3. The van der Waals surface area contributed by atoms with Gasteiger partial charge in [0.2, 0.25) is 0 Å². The number of hydrogen-bond donors (Lipinski definition) is 2. The molecule has 0 bridgehead atoms. The van der Waals surface area contributed by atoms with Gasteiger partial charge in [-0.1, -0.05) is 6.07 Å². The molecule has 0 aliphatic heterocycles. The number of nitrogens with zero attached hydrogens (tertiary/aromatic N) is 2. The second kappa shape index (κ2) is 8.39. The molecule has 3 aromatic rings. The van der Waals surface area contributed by atoms with Crippen LogP contribution in [0.3, 0.4) is 0 Å². The summed E-state index contributed by atoms with van der Waals surface area (Å²) in [6.45, 7) is 4.10. The summed E-state index contributed by atoms with van der Waals surface area (Å²) in [5, 5.41) is 5.99. The SMILES string of the molecule is COc1ccc(OC)c(NC(=O)c2cc(Nc3ccc(C)c(C)c3)ncn2)c1. The predicted molar refractivity (Wildman–Crippen MR) is 109 cm³/mol. The fourth-order valence-corrected chi connectivity index (χ4v) is 2.61. The van der Waals surface area contributed by atoms with Gasteiger partial charge in [-0.15, -0.1) is 0 Å². The van der Waals surface area contributed by atoms with Gasteiger partial charge in [-0.2, -0.15) is 0 Å². The quantitative estimate of drug-likeness (QED) is 0.671. The van der Waals surface area contributed by atoms with Crippen molar-refractivity contribution in [2.45, 2.75) is 13.8 Å². The van der Waals surface area contributed by atoms with Gasteiger partial charge in [0.15, 0.2) is 0 Å². The molecule has 0 radical (unpaired) electrons. The number of nitrogens with one attached hydrogen (secondary N) is 2. The van der Waals surface area contributed by atoms with Gasteiger partial charge in [0.25, 0.3) is 5.91 Å². The Kier molecular flexibility index (Phi) is 5.74. The molecule has 144 valence electrons. The highest BCUT2D eigenvalue weighted by atomic mass is 16.5. The van der Waals surface area contributed by atoms with Gasteiger partial charge in [0, 0.05) is 17.8 Å². The van der Waals surface area contributed by atoms with Crippen molar-refractivity contribution in [3.8, 4) is 11.5 Å². The third kappa shape index (κ3) is 4.37. The molecule has 0 atom stereocenters. The number of aryl methyl sites for hydroxylation is 2. The van der Waals surface area contributed by atoms with E-state index in [4.69, 9.17) is 9.47 Å². The highest BCUT2D eigenvalue weighted by Crippen LogP contribution is 2.29. The second-order valence-electron chi connectivity index (χ2n) is 6.23. The molecule has 0 fully saturated rings. The number of rotatable bonds is 6. The predicted octanol–water partition coefficient (Wildman–Crippen LogP) is 4.11. The molecule has 7 heteroatoms. The van der Waals surface area contributed by atoms with Crippen LogP contribution in [-0.4, -0.2) is 30.1 Å². The molecule has 0 aliphatic rings. The third-order valence-corrected chi connectivity index (χ3v) is 4.33. The lowest BCUT2D eigenvalue weighted by atomic mass is 10.1. The summed E-state index contributed by atoms with van der Waals surface area (Å²) < 4.78 is 10.5. The van der Waals surface area contributed by atoms with E-state index < -0.39 is 0 Å². The Balaban J connectivity index is 1.80. The number of ether oxygens (including phenoxy) is 2. The molecular weight excluding hydrogens is 356 g/mol. The molecule has 1 amide bonds. The number of carbonyl (C=O) groups excluding carboxylic acids is 1. The summed E-state index contributed by atoms with van der Waals surface area (Å²) in [6.07, 6.45) is 1.35. The first-order chi connectivity index (χ1) is 13.5. The van der Waals surface area contributed by atoms with Gasteiger partial charge in [-0.25, -0.2) is 9.97 Å². The van der Waals surface area contributed by atoms with E-state index in [1.54, 1.807) is 31.4 Å². The number of hydrogen-bond acceptors (Lipinski definition) is 6. The smallest absolute Gasteiger partial charge is 0.274 e. The van der Waals surface area contributed by atoms with Crippen molar-refractivity contribution < 1.29 is 14.3 Å². The molecule has 2 N–H and O–H groups in total. The molecule has 1 aromatic heterocycles. The Hall–Kier alpha value is -3.61. The van der Waals surface area contributed by atoms with Gasteiger partial charge in [-0.05, 0) is 49.2 Å². The lowest BCUT2D eigenvalue weighted by Crippen LogP contribution is -2.15. The van der Waals surface area contributed by atoms with E-state index in [1.807, 2.05) is 25.1 Å². The number of methoxy groups -OCH3 is 2. The fourth-order valence-electron chi connectivity index (χ4n) is 2.61. The molecule has 0 unspecified atom stereocenters. The summed E-state index contributed by atoms with van der Waals surface area (Å²) in [5.74, 6) is 1.28. The number of aromatic nitrogens is 2. The first-order valence-corrected chi connectivity index (χ1v) is 8.70. The highest BCUT2D eigenvalue weighted by molar-refractivity contribution is 6.04. The van der Waals surface area contributed by atoms with E-state index in [9.17, 15) is 4.79 Å². The number of carbonyl (C=O) groups is 1. The largest absolute Gasteiger partial charge is 0.497 e. The van der Waals surface area contributed by atoms with E-state index in [0.29, 0.717) is 23.0 Å². The topological polar surface area (TPSA) is 85.4 Å². The molecule has 0 aliphatic carbocycles. The van der Waals surface area contributed by atoms with Gasteiger partial charge < -0.3 is 20.1 Å². The van der Waals surface area contributed by atoms with Crippen molar-refractivity contribution in [1.82, 2.24) is 9.97 Å². The van der Waals surface area contributed by atoms with Crippen molar-refractivity contribution in [3.63, 3.8) is 0 Å². The Labute approximate surface area is 163 Å². The Morgan fingerprint density at radius 2 is 1.75 bits per heavy atom. The summed E-state index contributed by atoms with van der Waals surface area (Å²) in [4.78, 5) is 20.9. The average molecular weight is 378 g/mol. The summed E-state index contributed by atoms with van der Waals surface area (Å²) in [5.41, 5.74) is 3.99. The van der Waals surface area contributed by atoms with Crippen LogP contribution in [0, 0.1) is 13.8 Å². The van der Waals surface area contributed by atoms with E-state index in [2.05, 4.69) is 27.5 Å². The monoisotopic (exact) mass is 378 g/mol. The molecule has 28 heavy (non-hydrogen) atoms. The lowest BCUT2D eigenvalue weighted by Gasteiger charge is -2.12. The molecule has 0 saturated carbocycles. The van der Waals surface area contributed by atoms with E-state index in [-0.39, 0.29) is 11.6 Å². The normalized spacial score (nSPS) is 10.3. The zero-order chi connectivity index (χ0) is 20.1. The van der Waals surface area contributed by atoms with Crippen LogP contribution >= 0.6 is 0 Å². The van der Waals surface area contributed by atoms with Crippen LogP contribution in [0.4, 0.5) is 17.2 Å². The fraction of sp³-hybridized carbons (Fsp3) is 0.190. The zero-order valence-corrected chi connectivity index (χ0v) is 16.2. The lowest BCUT2D eigenvalue weighted by molar-refractivity contribution is 0.102. The first-order valence-electron chi connectivity index (χ1n) is 8.70. The third-order valence-electron chi connectivity index (χ3n) is 4.33. The van der Waals surface area contributed by atoms with Gasteiger partial charge in [0.1, 0.15) is 29.3 Å². The van der Waals surface area contributed by atoms with Crippen LogP contribution in [0.25, 0.3) is 0 Å². The van der Waals surface area contributed by atoms with Crippen molar-refractivity contribution in [2.24, 2.45) is 0 Å². The van der Waals surface area contributed by atoms with E-state index in [1.165, 1.54) is 24.6 Å².